The largest absolute Gasteiger partial charge is 0.481 e. The second-order valence-corrected chi connectivity index (χ2v) is 4.44. The van der Waals surface area contributed by atoms with Gasteiger partial charge in [0.2, 0.25) is 0 Å². The summed E-state index contributed by atoms with van der Waals surface area (Å²) >= 11 is 1.55. The fourth-order valence-corrected chi connectivity index (χ4v) is 2.11. The number of aromatic nitrogens is 1. The third kappa shape index (κ3) is 4.83. The first-order chi connectivity index (χ1) is 7.22. The van der Waals surface area contributed by atoms with E-state index in [0.29, 0.717) is 5.75 Å². The van der Waals surface area contributed by atoms with Crippen molar-refractivity contribution in [1.29, 1.82) is 0 Å². The Morgan fingerprint density at radius 3 is 3.00 bits per heavy atom. The number of carboxylic acid groups (broad SMARTS) is 1. The molecular formula is C11H15NO2S. The maximum Gasteiger partial charge on any atom is 0.304 e. The minimum absolute atomic E-state index is 0.197. The van der Waals surface area contributed by atoms with Crippen LogP contribution in [-0.4, -0.2) is 21.8 Å². The number of carbonyl (C=O) groups is 1. The van der Waals surface area contributed by atoms with E-state index in [1.54, 1.807) is 18.0 Å². The van der Waals surface area contributed by atoms with Crippen LogP contribution in [0.15, 0.2) is 23.4 Å². The topological polar surface area (TPSA) is 50.2 Å². The summed E-state index contributed by atoms with van der Waals surface area (Å²) in [6.45, 7) is 2.13. The van der Waals surface area contributed by atoms with Crippen LogP contribution < -0.4 is 0 Å². The highest BCUT2D eigenvalue weighted by molar-refractivity contribution is 7.99. The van der Waals surface area contributed by atoms with Crippen LogP contribution in [-0.2, 0) is 11.2 Å². The minimum Gasteiger partial charge on any atom is -0.481 e. The number of rotatable bonds is 6. The van der Waals surface area contributed by atoms with Crippen LogP contribution in [0.25, 0.3) is 0 Å². The summed E-state index contributed by atoms with van der Waals surface area (Å²) in [6, 6.07) is 2.09. The van der Waals surface area contributed by atoms with E-state index in [-0.39, 0.29) is 6.42 Å². The summed E-state index contributed by atoms with van der Waals surface area (Å²) < 4.78 is 0. The molecule has 1 N–H and O–H groups in total. The molecule has 0 atom stereocenters. The number of aliphatic carboxylic acids is 1. The molecule has 0 aliphatic carbocycles. The number of pyridine rings is 1. The summed E-state index contributed by atoms with van der Waals surface area (Å²) in [6.07, 6.45) is 5.98. The zero-order valence-corrected chi connectivity index (χ0v) is 9.59. The molecule has 0 radical (unpaired) electrons. The third-order valence-electron chi connectivity index (χ3n) is 1.89. The molecule has 4 heteroatoms. The molecule has 0 aromatic carbocycles. The Kier molecular flexibility index (Phi) is 5.18. The molecule has 0 amide bonds. The quantitative estimate of drug-likeness (QED) is 0.756. The van der Waals surface area contributed by atoms with Crippen LogP contribution in [0, 0.1) is 0 Å². The average molecular weight is 225 g/mol. The van der Waals surface area contributed by atoms with Crippen molar-refractivity contribution < 1.29 is 9.90 Å². The van der Waals surface area contributed by atoms with Crippen LogP contribution in [0.3, 0.4) is 0 Å². The number of nitrogens with zero attached hydrogens (tertiary/aromatic N) is 1. The van der Waals surface area contributed by atoms with E-state index in [2.05, 4.69) is 18.0 Å². The van der Waals surface area contributed by atoms with E-state index in [9.17, 15) is 4.79 Å². The molecule has 1 rings (SSSR count). The van der Waals surface area contributed by atoms with Crippen LogP contribution in [0.1, 0.15) is 25.3 Å². The lowest BCUT2D eigenvalue weighted by Crippen LogP contribution is -1.96. The second kappa shape index (κ2) is 6.45. The molecule has 0 aliphatic heterocycles. The van der Waals surface area contributed by atoms with Crippen LogP contribution in [0.2, 0.25) is 0 Å². The Morgan fingerprint density at radius 1 is 1.53 bits per heavy atom. The van der Waals surface area contributed by atoms with Crippen molar-refractivity contribution in [1.82, 2.24) is 4.98 Å². The van der Waals surface area contributed by atoms with E-state index in [4.69, 9.17) is 5.11 Å². The fourth-order valence-electron chi connectivity index (χ4n) is 1.22. The Bertz CT molecular complexity index is 328. The van der Waals surface area contributed by atoms with Gasteiger partial charge < -0.3 is 5.11 Å². The monoisotopic (exact) mass is 225 g/mol. The van der Waals surface area contributed by atoms with Gasteiger partial charge in [-0.25, -0.2) is 0 Å². The van der Waals surface area contributed by atoms with Gasteiger partial charge in [0.1, 0.15) is 0 Å². The molecule has 0 unspecified atom stereocenters. The minimum atomic E-state index is -0.750. The SMILES string of the molecule is CCCc1cncc(SCCC(=O)O)c1. The number of thioether (sulfide) groups is 1. The summed E-state index contributed by atoms with van der Waals surface area (Å²) in [5.74, 6) is -0.146. The Morgan fingerprint density at radius 2 is 2.33 bits per heavy atom. The standard InChI is InChI=1S/C11H15NO2S/c1-2-3-9-6-10(8-12-7-9)15-5-4-11(13)14/h6-8H,2-5H2,1H3,(H,13,14). The summed E-state index contributed by atoms with van der Waals surface area (Å²) in [5, 5.41) is 8.50. The van der Waals surface area contributed by atoms with Gasteiger partial charge in [0.25, 0.3) is 0 Å². The molecule has 0 saturated heterocycles. The average Bonchev–Trinajstić information content (AvgIpc) is 2.18. The van der Waals surface area contributed by atoms with Gasteiger partial charge in [0.05, 0.1) is 6.42 Å². The molecule has 1 heterocycles. The Balaban J connectivity index is 2.46. The van der Waals surface area contributed by atoms with Gasteiger partial charge in [-0.3, -0.25) is 9.78 Å². The van der Waals surface area contributed by atoms with Crippen molar-refractivity contribution in [3.05, 3.63) is 24.0 Å². The van der Waals surface area contributed by atoms with E-state index in [1.165, 1.54) is 5.56 Å². The van der Waals surface area contributed by atoms with Gasteiger partial charge in [-0.15, -0.1) is 11.8 Å². The molecule has 0 aliphatic rings. The van der Waals surface area contributed by atoms with Crippen LogP contribution >= 0.6 is 11.8 Å². The molecule has 0 saturated carbocycles. The van der Waals surface area contributed by atoms with E-state index in [0.717, 1.165) is 17.7 Å². The van der Waals surface area contributed by atoms with Crippen molar-refractivity contribution in [2.75, 3.05) is 5.75 Å². The summed E-state index contributed by atoms with van der Waals surface area (Å²) in [4.78, 5) is 15.5. The molecule has 1 aromatic rings. The molecule has 3 nitrogen and oxygen atoms in total. The lowest BCUT2D eigenvalue weighted by atomic mass is 10.2. The van der Waals surface area contributed by atoms with Crippen LogP contribution in [0.5, 0.6) is 0 Å². The van der Waals surface area contributed by atoms with Crippen molar-refractivity contribution >= 4 is 17.7 Å². The first kappa shape index (κ1) is 12.0. The zero-order valence-electron chi connectivity index (χ0n) is 8.77. The third-order valence-corrected chi connectivity index (χ3v) is 2.86. The smallest absolute Gasteiger partial charge is 0.304 e. The molecule has 15 heavy (non-hydrogen) atoms. The highest BCUT2D eigenvalue weighted by Crippen LogP contribution is 2.19. The van der Waals surface area contributed by atoms with Gasteiger partial charge in [0.15, 0.2) is 0 Å². The maximum absolute atomic E-state index is 10.3. The van der Waals surface area contributed by atoms with Crippen LogP contribution in [0.4, 0.5) is 0 Å². The van der Waals surface area contributed by atoms with Crippen molar-refractivity contribution in [3.8, 4) is 0 Å². The summed E-state index contributed by atoms with van der Waals surface area (Å²) in [7, 11) is 0. The van der Waals surface area contributed by atoms with Gasteiger partial charge >= 0.3 is 5.97 Å². The van der Waals surface area contributed by atoms with Crippen molar-refractivity contribution in [2.24, 2.45) is 0 Å². The molecule has 0 spiro atoms. The second-order valence-electron chi connectivity index (χ2n) is 3.27. The van der Waals surface area contributed by atoms with Crippen molar-refractivity contribution in [3.63, 3.8) is 0 Å². The highest BCUT2D eigenvalue weighted by atomic mass is 32.2. The molecule has 0 bridgehead atoms. The van der Waals surface area contributed by atoms with E-state index >= 15 is 0 Å². The van der Waals surface area contributed by atoms with Gasteiger partial charge in [-0.05, 0) is 18.1 Å². The molecule has 1 aromatic heterocycles. The predicted octanol–water partition coefficient (Wildman–Crippen LogP) is 2.60. The Labute approximate surface area is 93.9 Å². The number of aryl methyl sites for hydroxylation is 1. The number of carboxylic acids is 1. The van der Waals surface area contributed by atoms with Gasteiger partial charge in [-0.2, -0.15) is 0 Å². The zero-order chi connectivity index (χ0) is 11.1. The predicted molar refractivity (Wildman–Crippen MR) is 61.2 cm³/mol. The fraction of sp³-hybridized carbons (Fsp3) is 0.455. The lowest BCUT2D eigenvalue weighted by molar-refractivity contribution is -0.136. The highest BCUT2D eigenvalue weighted by Gasteiger charge is 2.00. The maximum atomic E-state index is 10.3. The van der Waals surface area contributed by atoms with Gasteiger partial charge in [-0.1, -0.05) is 13.3 Å². The number of hydrogen-bond donors (Lipinski definition) is 1. The Hall–Kier alpha value is -1.03. The van der Waals surface area contributed by atoms with E-state index in [1.807, 2.05) is 6.20 Å². The molecule has 0 fully saturated rings. The van der Waals surface area contributed by atoms with E-state index < -0.39 is 5.97 Å². The normalized spacial score (nSPS) is 10.2. The first-order valence-corrected chi connectivity index (χ1v) is 5.99. The summed E-state index contributed by atoms with van der Waals surface area (Å²) in [5.41, 5.74) is 1.22. The van der Waals surface area contributed by atoms with Crippen molar-refractivity contribution in [2.45, 2.75) is 31.1 Å². The van der Waals surface area contributed by atoms with Gasteiger partial charge in [0, 0.05) is 23.0 Å². The molecule has 82 valence electrons. The lowest BCUT2D eigenvalue weighted by Gasteiger charge is -2.02. The number of hydrogen-bond acceptors (Lipinski definition) is 3. The first-order valence-electron chi connectivity index (χ1n) is 5.01. The molecular weight excluding hydrogens is 210 g/mol.